The number of aryl methyl sites for hydroxylation is 1. The van der Waals surface area contributed by atoms with E-state index in [9.17, 15) is 4.79 Å². The van der Waals surface area contributed by atoms with Gasteiger partial charge in [0, 0.05) is 23.5 Å². The first kappa shape index (κ1) is 17.5. The van der Waals surface area contributed by atoms with Crippen LogP contribution in [0.5, 0.6) is 5.88 Å². The standard InChI is InChI=1S/C21H18N4O3/c1-13-18(19(25-28-13)14-6-4-3-5-7-14)20(26)23-17-9-8-16(24-21(17)27-2)15-10-11-22-12-15/h3-12,22H,1-2H3,(H,23,26). The van der Waals surface area contributed by atoms with E-state index in [1.54, 1.807) is 13.0 Å². The van der Waals surface area contributed by atoms with Gasteiger partial charge in [0.15, 0.2) is 0 Å². The van der Waals surface area contributed by atoms with E-state index in [0.29, 0.717) is 28.6 Å². The Morgan fingerprint density at radius 3 is 2.64 bits per heavy atom. The van der Waals surface area contributed by atoms with E-state index in [-0.39, 0.29) is 5.91 Å². The van der Waals surface area contributed by atoms with Gasteiger partial charge in [0.2, 0.25) is 5.88 Å². The van der Waals surface area contributed by atoms with Crippen molar-refractivity contribution in [1.29, 1.82) is 0 Å². The van der Waals surface area contributed by atoms with Gasteiger partial charge in [-0.2, -0.15) is 0 Å². The molecule has 28 heavy (non-hydrogen) atoms. The molecule has 0 saturated carbocycles. The maximum atomic E-state index is 13.0. The molecular formula is C21H18N4O3. The van der Waals surface area contributed by atoms with Crippen molar-refractivity contribution < 1.29 is 14.1 Å². The quantitative estimate of drug-likeness (QED) is 0.543. The molecule has 140 valence electrons. The number of nitrogens with one attached hydrogen (secondary N) is 2. The molecule has 4 aromatic rings. The highest BCUT2D eigenvalue weighted by Crippen LogP contribution is 2.29. The first-order chi connectivity index (χ1) is 13.7. The number of hydrogen-bond donors (Lipinski definition) is 2. The lowest BCUT2D eigenvalue weighted by atomic mass is 10.1. The fraction of sp³-hybridized carbons (Fsp3) is 0.0952. The number of pyridine rings is 1. The maximum absolute atomic E-state index is 13.0. The number of anilines is 1. The number of aromatic amines is 1. The summed E-state index contributed by atoms with van der Waals surface area (Å²) in [5.74, 6) is 0.418. The predicted octanol–water partition coefficient (Wildman–Crippen LogP) is 4.30. The van der Waals surface area contributed by atoms with Gasteiger partial charge in [0.25, 0.3) is 5.91 Å². The number of methoxy groups -OCH3 is 1. The van der Waals surface area contributed by atoms with Crippen molar-refractivity contribution in [2.75, 3.05) is 12.4 Å². The van der Waals surface area contributed by atoms with E-state index in [2.05, 4.69) is 20.4 Å². The zero-order chi connectivity index (χ0) is 19.5. The summed E-state index contributed by atoms with van der Waals surface area (Å²) in [5, 5.41) is 6.91. The number of benzene rings is 1. The van der Waals surface area contributed by atoms with E-state index < -0.39 is 0 Å². The summed E-state index contributed by atoms with van der Waals surface area (Å²) in [6, 6.07) is 14.9. The van der Waals surface area contributed by atoms with Crippen LogP contribution in [-0.4, -0.2) is 28.1 Å². The van der Waals surface area contributed by atoms with E-state index in [1.807, 2.05) is 54.9 Å². The summed E-state index contributed by atoms with van der Waals surface area (Å²) < 4.78 is 10.6. The molecule has 7 nitrogen and oxygen atoms in total. The lowest BCUT2D eigenvalue weighted by Gasteiger charge is -2.11. The monoisotopic (exact) mass is 374 g/mol. The second-order valence-electron chi connectivity index (χ2n) is 6.14. The molecule has 7 heteroatoms. The third-order valence-corrected chi connectivity index (χ3v) is 4.33. The van der Waals surface area contributed by atoms with Crippen LogP contribution in [0.4, 0.5) is 5.69 Å². The summed E-state index contributed by atoms with van der Waals surface area (Å²) in [4.78, 5) is 20.4. The Morgan fingerprint density at radius 1 is 1.11 bits per heavy atom. The molecule has 0 unspecified atom stereocenters. The fourth-order valence-electron chi connectivity index (χ4n) is 2.95. The lowest BCUT2D eigenvalue weighted by Crippen LogP contribution is -2.14. The average molecular weight is 374 g/mol. The van der Waals surface area contributed by atoms with Crippen LogP contribution >= 0.6 is 0 Å². The zero-order valence-corrected chi connectivity index (χ0v) is 15.4. The summed E-state index contributed by atoms with van der Waals surface area (Å²) >= 11 is 0. The van der Waals surface area contributed by atoms with E-state index in [0.717, 1.165) is 16.8 Å². The van der Waals surface area contributed by atoms with Crippen LogP contribution in [0.25, 0.3) is 22.5 Å². The molecule has 0 spiro atoms. The maximum Gasteiger partial charge on any atom is 0.261 e. The van der Waals surface area contributed by atoms with Crippen LogP contribution in [0.15, 0.2) is 65.4 Å². The van der Waals surface area contributed by atoms with Crippen LogP contribution in [0.1, 0.15) is 16.1 Å². The van der Waals surface area contributed by atoms with Gasteiger partial charge in [-0.15, -0.1) is 0 Å². The molecule has 0 saturated heterocycles. The third kappa shape index (κ3) is 3.25. The number of carbonyl (C=O) groups excluding carboxylic acids is 1. The van der Waals surface area contributed by atoms with Gasteiger partial charge in [0.05, 0.1) is 12.8 Å². The molecule has 0 aliphatic carbocycles. The van der Waals surface area contributed by atoms with Crippen LogP contribution < -0.4 is 10.1 Å². The molecule has 1 amide bonds. The number of H-pyrrole nitrogens is 1. The molecule has 1 aromatic carbocycles. The minimum Gasteiger partial charge on any atom is -0.479 e. The number of hydrogen-bond acceptors (Lipinski definition) is 5. The van der Waals surface area contributed by atoms with Crippen molar-refractivity contribution in [3.8, 4) is 28.4 Å². The Labute approximate surface area is 161 Å². The first-order valence-electron chi connectivity index (χ1n) is 8.68. The van der Waals surface area contributed by atoms with Gasteiger partial charge in [-0.25, -0.2) is 4.98 Å². The predicted molar refractivity (Wildman–Crippen MR) is 105 cm³/mol. The minimum atomic E-state index is -0.341. The second-order valence-corrected chi connectivity index (χ2v) is 6.14. The molecule has 0 fully saturated rings. The van der Waals surface area contributed by atoms with Gasteiger partial charge >= 0.3 is 0 Å². The van der Waals surface area contributed by atoms with E-state index >= 15 is 0 Å². The molecule has 4 rings (SSSR count). The second kappa shape index (κ2) is 7.40. The SMILES string of the molecule is COc1nc(-c2cc[nH]c2)ccc1NC(=O)c1c(-c2ccccc2)noc1C. The van der Waals surface area contributed by atoms with Crippen molar-refractivity contribution in [2.24, 2.45) is 0 Å². The molecule has 3 heterocycles. The molecule has 0 radical (unpaired) electrons. The normalized spacial score (nSPS) is 10.6. The van der Waals surface area contributed by atoms with Crippen LogP contribution in [0.3, 0.4) is 0 Å². The van der Waals surface area contributed by atoms with Crippen LogP contribution in [-0.2, 0) is 0 Å². The van der Waals surface area contributed by atoms with Crippen molar-refractivity contribution in [2.45, 2.75) is 6.92 Å². The number of amides is 1. The van der Waals surface area contributed by atoms with Gasteiger partial charge < -0.3 is 19.6 Å². The van der Waals surface area contributed by atoms with Crippen molar-refractivity contribution in [3.05, 3.63) is 72.2 Å². The van der Waals surface area contributed by atoms with Gasteiger partial charge in [0.1, 0.15) is 22.7 Å². The molecule has 0 aliphatic heterocycles. The molecule has 0 aliphatic rings. The molecule has 0 bridgehead atoms. The Kier molecular flexibility index (Phi) is 4.63. The lowest BCUT2D eigenvalue weighted by molar-refractivity contribution is 0.102. The van der Waals surface area contributed by atoms with Crippen molar-refractivity contribution >= 4 is 11.6 Å². The molecule has 3 aromatic heterocycles. The van der Waals surface area contributed by atoms with Crippen LogP contribution in [0, 0.1) is 6.92 Å². The highest BCUT2D eigenvalue weighted by molar-refractivity contribution is 6.09. The number of nitrogens with zero attached hydrogens (tertiary/aromatic N) is 2. The fourth-order valence-corrected chi connectivity index (χ4v) is 2.95. The number of aromatic nitrogens is 3. The number of carbonyl (C=O) groups is 1. The van der Waals surface area contributed by atoms with Crippen molar-refractivity contribution in [1.82, 2.24) is 15.1 Å². The molecule has 0 atom stereocenters. The third-order valence-electron chi connectivity index (χ3n) is 4.33. The Bertz CT molecular complexity index is 1100. The van der Waals surface area contributed by atoms with Crippen LogP contribution in [0.2, 0.25) is 0 Å². The Morgan fingerprint density at radius 2 is 1.93 bits per heavy atom. The van der Waals surface area contributed by atoms with Gasteiger partial charge in [-0.05, 0) is 25.1 Å². The largest absolute Gasteiger partial charge is 0.479 e. The molecule has 2 N–H and O–H groups in total. The highest BCUT2D eigenvalue weighted by atomic mass is 16.5. The average Bonchev–Trinajstić information content (AvgIpc) is 3.39. The van der Waals surface area contributed by atoms with Crippen molar-refractivity contribution in [3.63, 3.8) is 0 Å². The number of ether oxygens (including phenoxy) is 1. The topological polar surface area (TPSA) is 93.0 Å². The summed E-state index contributed by atoms with van der Waals surface area (Å²) in [6.45, 7) is 1.71. The van der Waals surface area contributed by atoms with Gasteiger partial charge in [-0.3, -0.25) is 4.79 Å². The smallest absolute Gasteiger partial charge is 0.261 e. The first-order valence-corrected chi connectivity index (χ1v) is 8.68. The Balaban J connectivity index is 1.65. The summed E-state index contributed by atoms with van der Waals surface area (Å²) in [6.07, 6.45) is 3.66. The van der Waals surface area contributed by atoms with Gasteiger partial charge in [-0.1, -0.05) is 35.5 Å². The minimum absolute atomic E-state index is 0.322. The zero-order valence-electron chi connectivity index (χ0n) is 15.4. The number of rotatable bonds is 5. The summed E-state index contributed by atoms with van der Waals surface area (Å²) in [5.41, 5.74) is 3.80. The Hall–Kier alpha value is -3.87. The van der Waals surface area contributed by atoms with E-state index in [4.69, 9.17) is 9.26 Å². The van der Waals surface area contributed by atoms with E-state index in [1.165, 1.54) is 7.11 Å². The molecular weight excluding hydrogens is 356 g/mol. The summed E-state index contributed by atoms with van der Waals surface area (Å²) in [7, 11) is 1.51. The highest BCUT2D eigenvalue weighted by Gasteiger charge is 2.23.